The third kappa shape index (κ3) is 3.08. The minimum Gasteiger partial charge on any atom is -0.319 e. The Morgan fingerprint density at radius 3 is 2.30 bits per heavy atom. The number of hydrogen-bond acceptors (Lipinski definition) is 4. The molecule has 0 bridgehead atoms. The highest BCUT2D eigenvalue weighted by Crippen LogP contribution is 2.17. The summed E-state index contributed by atoms with van der Waals surface area (Å²) in [5, 5.41) is 2.66. The summed E-state index contributed by atoms with van der Waals surface area (Å²) in [6.07, 6.45) is 3.66. The highest BCUT2D eigenvalue weighted by Gasteiger charge is 2.10. The molecule has 0 saturated heterocycles. The lowest BCUT2D eigenvalue weighted by Crippen LogP contribution is -2.15. The van der Waals surface area contributed by atoms with Crippen molar-refractivity contribution >= 4 is 11.6 Å². The molecule has 0 fully saturated rings. The molecule has 0 unspecified atom stereocenters. The van der Waals surface area contributed by atoms with E-state index in [4.69, 9.17) is 0 Å². The van der Waals surface area contributed by atoms with Gasteiger partial charge in [0.05, 0.1) is 24.4 Å². The summed E-state index contributed by atoms with van der Waals surface area (Å²) in [6, 6.07) is 7.28. The van der Waals surface area contributed by atoms with Crippen LogP contribution in [0.2, 0.25) is 0 Å². The molecule has 1 N–H and O–H groups in total. The summed E-state index contributed by atoms with van der Waals surface area (Å²) in [5.74, 6) is -1.17. The molecule has 0 aliphatic carbocycles. The number of carbonyl (C=O) groups is 1. The van der Waals surface area contributed by atoms with Gasteiger partial charge in [0.2, 0.25) is 5.82 Å². The maximum absolute atomic E-state index is 12.8. The van der Waals surface area contributed by atoms with Crippen molar-refractivity contribution in [1.82, 2.24) is 19.5 Å². The van der Waals surface area contributed by atoms with Gasteiger partial charge in [-0.1, -0.05) is 0 Å². The molecule has 6 nitrogen and oxygen atoms in total. The van der Waals surface area contributed by atoms with Gasteiger partial charge in [0.15, 0.2) is 5.82 Å². The first kappa shape index (κ1) is 14.8. The average Bonchev–Trinajstić information content (AvgIpc) is 2.88. The molecule has 0 saturated carbocycles. The van der Waals surface area contributed by atoms with Crippen LogP contribution in [-0.4, -0.2) is 25.4 Å². The fraction of sp³-hybridized carbons (Fsp3) is 0.125. The van der Waals surface area contributed by atoms with Crippen LogP contribution in [0.5, 0.6) is 0 Å². The number of nitrogens with zero attached hydrogens (tertiary/aromatic N) is 4. The van der Waals surface area contributed by atoms with E-state index in [0.29, 0.717) is 5.69 Å². The Hall–Kier alpha value is -3.09. The molecular weight excluding hydrogens is 297 g/mol. The molecule has 23 heavy (non-hydrogen) atoms. The molecule has 3 rings (SSSR count). The van der Waals surface area contributed by atoms with Crippen LogP contribution in [0.4, 0.5) is 10.1 Å². The fourth-order valence-electron chi connectivity index (χ4n) is 2.08. The molecule has 2 aromatic heterocycles. The molecule has 0 aliphatic heterocycles. The van der Waals surface area contributed by atoms with E-state index in [1.807, 2.05) is 30.5 Å². The second-order valence-electron chi connectivity index (χ2n) is 5.01. The first-order valence-electron chi connectivity index (χ1n) is 6.94. The van der Waals surface area contributed by atoms with Crippen molar-refractivity contribution in [3.63, 3.8) is 0 Å². The number of amides is 1. The Morgan fingerprint density at radius 1 is 1.09 bits per heavy atom. The molecule has 0 radical (unpaired) electrons. The maximum Gasteiger partial charge on any atom is 0.293 e. The second kappa shape index (κ2) is 5.96. The van der Waals surface area contributed by atoms with Gasteiger partial charge in [-0.25, -0.2) is 19.3 Å². The van der Waals surface area contributed by atoms with Crippen molar-refractivity contribution in [3.05, 3.63) is 66.0 Å². The van der Waals surface area contributed by atoms with Crippen LogP contribution >= 0.6 is 0 Å². The van der Waals surface area contributed by atoms with E-state index in [-0.39, 0.29) is 5.82 Å². The second-order valence-corrected chi connectivity index (χ2v) is 5.01. The van der Waals surface area contributed by atoms with Crippen LogP contribution in [-0.2, 0) is 0 Å². The first-order valence-corrected chi connectivity index (χ1v) is 6.94. The zero-order valence-electron chi connectivity index (χ0n) is 12.6. The number of anilines is 1. The Bertz CT molecular complexity index is 840. The summed E-state index contributed by atoms with van der Waals surface area (Å²) in [6.45, 7) is 3.94. The summed E-state index contributed by atoms with van der Waals surface area (Å²) < 4.78 is 14.7. The molecule has 2 heterocycles. The van der Waals surface area contributed by atoms with Gasteiger partial charge in [0.25, 0.3) is 5.91 Å². The smallest absolute Gasteiger partial charge is 0.293 e. The number of nitrogens with one attached hydrogen (secondary N) is 1. The molecule has 0 spiro atoms. The number of rotatable bonds is 3. The van der Waals surface area contributed by atoms with Gasteiger partial charge in [0, 0.05) is 17.1 Å². The largest absolute Gasteiger partial charge is 0.319 e. The van der Waals surface area contributed by atoms with Crippen LogP contribution in [0.15, 0.2) is 43.0 Å². The minimum absolute atomic E-state index is 0.0865. The predicted molar refractivity (Wildman–Crippen MR) is 83.0 cm³/mol. The Morgan fingerprint density at radius 2 is 1.74 bits per heavy atom. The van der Waals surface area contributed by atoms with Gasteiger partial charge < -0.3 is 9.88 Å². The van der Waals surface area contributed by atoms with E-state index in [0.717, 1.165) is 29.5 Å². The van der Waals surface area contributed by atoms with Gasteiger partial charge >= 0.3 is 0 Å². The van der Waals surface area contributed by atoms with Gasteiger partial charge in [-0.05, 0) is 38.1 Å². The van der Waals surface area contributed by atoms with E-state index in [1.54, 1.807) is 18.5 Å². The first-order chi connectivity index (χ1) is 11.0. The number of halogens is 1. The predicted octanol–water partition coefficient (Wildman–Crippen LogP) is 2.67. The van der Waals surface area contributed by atoms with E-state index in [2.05, 4.69) is 20.3 Å². The minimum atomic E-state index is -0.586. The van der Waals surface area contributed by atoms with Gasteiger partial charge in [-0.15, -0.1) is 0 Å². The summed E-state index contributed by atoms with van der Waals surface area (Å²) in [5.41, 5.74) is 3.57. The van der Waals surface area contributed by atoms with Crippen molar-refractivity contribution in [3.8, 4) is 5.69 Å². The highest BCUT2D eigenvalue weighted by atomic mass is 19.1. The molecule has 0 atom stereocenters. The molecule has 0 aliphatic rings. The van der Waals surface area contributed by atoms with Crippen LogP contribution < -0.4 is 5.32 Å². The van der Waals surface area contributed by atoms with Crippen molar-refractivity contribution in [2.45, 2.75) is 13.8 Å². The van der Waals surface area contributed by atoms with E-state index in [9.17, 15) is 9.18 Å². The number of hydrogen-bond donors (Lipinski definition) is 1. The van der Waals surface area contributed by atoms with Crippen molar-refractivity contribution in [2.24, 2.45) is 0 Å². The van der Waals surface area contributed by atoms with Crippen molar-refractivity contribution < 1.29 is 9.18 Å². The Labute approximate surface area is 132 Å². The number of benzene rings is 1. The standard InChI is InChI=1S/C16H14FN5O/c1-10-11(2)22(9-20-10)14-5-3-13(4-6-14)21-16(23)15-18-7-12(17)8-19-15/h3-9H,1-2H3,(H,21,23). The number of aromatic nitrogens is 4. The quantitative estimate of drug-likeness (QED) is 0.807. The third-order valence-corrected chi connectivity index (χ3v) is 3.48. The van der Waals surface area contributed by atoms with Gasteiger partial charge in [-0.2, -0.15) is 0 Å². The zero-order chi connectivity index (χ0) is 16.4. The molecule has 1 aromatic carbocycles. The monoisotopic (exact) mass is 311 g/mol. The molecule has 1 amide bonds. The van der Waals surface area contributed by atoms with Crippen molar-refractivity contribution in [1.29, 1.82) is 0 Å². The average molecular weight is 311 g/mol. The molecular formula is C16H14FN5O. The van der Waals surface area contributed by atoms with Crippen LogP contribution in [0.3, 0.4) is 0 Å². The summed E-state index contributed by atoms with van der Waals surface area (Å²) in [7, 11) is 0. The maximum atomic E-state index is 12.8. The van der Waals surface area contributed by atoms with Crippen LogP contribution in [0, 0.1) is 19.7 Å². The molecule has 7 heteroatoms. The third-order valence-electron chi connectivity index (χ3n) is 3.48. The van der Waals surface area contributed by atoms with Crippen LogP contribution in [0.25, 0.3) is 5.69 Å². The van der Waals surface area contributed by atoms with E-state index in [1.165, 1.54) is 0 Å². The number of imidazole rings is 1. The summed E-state index contributed by atoms with van der Waals surface area (Å²) >= 11 is 0. The normalized spacial score (nSPS) is 10.6. The van der Waals surface area contributed by atoms with E-state index >= 15 is 0 Å². The zero-order valence-corrected chi connectivity index (χ0v) is 12.6. The lowest BCUT2D eigenvalue weighted by molar-refractivity contribution is 0.101. The summed E-state index contributed by atoms with van der Waals surface area (Å²) in [4.78, 5) is 23.5. The highest BCUT2D eigenvalue weighted by molar-refractivity contribution is 6.01. The fourth-order valence-corrected chi connectivity index (χ4v) is 2.08. The SMILES string of the molecule is Cc1ncn(-c2ccc(NC(=O)c3ncc(F)cn3)cc2)c1C. The van der Waals surface area contributed by atoms with Gasteiger partial charge in [0.1, 0.15) is 0 Å². The Balaban J connectivity index is 1.76. The topological polar surface area (TPSA) is 72.7 Å². The lowest BCUT2D eigenvalue weighted by Gasteiger charge is -2.08. The Kier molecular flexibility index (Phi) is 3.84. The molecule has 116 valence electrons. The van der Waals surface area contributed by atoms with Crippen LogP contribution in [0.1, 0.15) is 22.0 Å². The van der Waals surface area contributed by atoms with Crippen molar-refractivity contribution in [2.75, 3.05) is 5.32 Å². The number of carbonyl (C=O) groups excluding carboxylic acids is 1. The lowest BCUT2D eigenvalue weighted by atomic mass is 10.2. The molecule has 3 aromatic rings. The number of aryl methyl sites for hydroxylation is 1. The van der Waals surface area contributed by atoms with E-state index < -0.39 is 11.7 Å². The van der Waals surface area contributed by atoms with Gasteiger partial charge in [-0.3, -0.25) is 4.79 Å².